The Hall–Kier alpha value is -8.47. The maximum absolute atomic E-state index is 5.33. The van der Waals surface area contributed by atoms with Crippen molar-refractivity contribution in [2.75, 3.05) is 0 Å². The highest BCUT2D eigenvalue weighted by Gasteiger charge is 2.19. The fourth-order valence-electron chi connectivity index (χ4n) is 9.29. The lowest BCUT2D eigenvalue weighted by Gasteiger charge is -2.15. The Morgan fingerprint density at radius 2 is 0.556 bits per heavy atom. The summed E-state index contributed by atoms with van der Waals surface area (Å²) in [5.41, 5.74) is 13.3. The number of benzene rings is 10. The summed E-state index contributed by atoms with van der Waals surface area (Å²) in [6, 6.07) is 81.7. The zero-order valence-corrected chi connectivity index (χ0v) is 34.2. The van der Waals surface area contributed by atoms with Crippen LogP contribution in [0.3, 0.4) is 0 Å². The first-order valence-corrected chi connectivity index (χ1v) is 21.4. The number of rotatable bonds is 7. The predicted molar refractivity (Wildman–Crippen MR) is 262 cm³/mol. The van der Waals surface area contributed by atoms with Crippen LogP contribution in [0.25, 0.3) is 117 Å². The molecule has 0 aliphatic heterocycles. The number of hydrogen-bond acceptors (Lipinski definition) is 3. The second-order valence-electron chi connectivity index (χ2n) is 15.9. The number of hydrogen-bond donors (Lipinski definition) is 0. The van der Waals surface area contributed by atoms with Crippen molar-refractivity contribution in [3.05, 3.63) is 231 Å². The summed E-state index contributed by atoms with van der Waals surface area (Å²) in [5, 5.41) is 6.96. The van der Waals surface area contributed by atoms with Crippen LogP contribution in [-0.4, -0.2) is 19.5 Å². The van der Waals surface area contributed by atoms with E-state index in [0.717, 1.165) is 60.6 Å². The molecular weight excluding hydrogens is 765 g/mol. The molecule has 0 aliphatic carbocycles. The molecule has 4 nitrogen and oxygen atoms in total. The third kappa shape index (κ3) is 6.36. The smallest absolute Gasteiger partial charge is 0.164 e. The Morgan fingerprint density at radius 3 is 1.06 bits per heavy atom. The van der Waals surface area contributed by atoms with Gasteiger partial charge in [0.05, 0.1) is 11.0 Å². The molecule has 294 valence electrons. The van der Waals surface area contributed by atoms with Gasteiger partial charge >= 0.3 is 0 Å². The van der Waals surface area contributed by atoms with Crippen LogP contribution in [-0.2, 0) is 0 Å². The van der Waals surface area contributed by atoms with Gasteiger partial charge in [0.2, 0.25) is 0 Å². The van der Waals surface area contributed by atoms with E-state index in [1.807, 2.05) is 6.07 Å². The molecule has 63 heavy (non-hydrogen) atoms. The van der Waals surface area contributed by atoms with Gasteiger partial charge in [-0.2, -0.15) is 0 Å². The van der Waals surface area contributed by atoms with Crippen molar-refractivity contribution >= 4 is 43.4 Å². The summed E-state index contributed by atoms with van der Waals surface area (Å²) in [6.07, 6.45) is 0. The van der Waals surface area contributed by atoms with E-state index in [2.05, 4.69) is 229 Å². The van der Waals surface area contributed by atoms with E-state index in [1.165, 1.54) is 38.5 Å². The Balaban J connectivity index is 1.000. The van der Waals surface area contributed by atoms with Crippen molar-refractivity contribution in [2.45, 2.75) is 0 Å². The molecule has 2 aromatic heterocycles. The molecule has 0 saturated heterocycles. The minimum absolute atomic E-state index is 0.625. The van der Waals surface area contributed by atoms with Crippen molar-refractivity contribution in [3.8, 4) is 73.2 Å². The van der Waals surface area contributed by atoms with Crippen LogP contribution in [0.2, 0.25) is 0 Å². The predicted octanol–water partition coefficient (Wildman–Crippen LogP) is 15.3. The minimum Gasteiger partial charge on any atom is -0.309 e. The highest BCUT2D eigenvalue weighted by atomic mass is 15.0. The monoisotopic (exact) mass is 802 g/mol. The van der Waals surface area contributed by atoms with Crippen molar-refractivity contribution in [1.82, 2.24) is 19.5 Å². The topological polar surface area (TPSA) is 43.6 Å². The van der Waals surface area contributed by atoms with Gasteiger partial charge < -0.3 is 4.57 Å². The molecule has 0 amide bonds. The molecule has 0 unspecified atom stereocenters. The number of para-hydroxylation sites is 2. The number of aromatic nitrogens is 4. The highest BCUT2D eigenvalue weighted by molar-refractivity contribution is 6.10. The second-order valence-corrected chi connectivity index (χ2v) is 15.9. The number of fused-ring (bicyclic) bond motifs is 5. The second kappa shape index (κ2) is 15.2. The van der Waals surface area contributed by atoms with E-state index in [-0.39, 0.29) is 0 Å². The molecule has 12 aromatic rings. The Morgan fingerprint density at radius 1 is 0.222 bits per heavy atom. The van der Waals surface area contributed by atoms with Crippen LogP contribution in [0.4, 0.5) is 0 Å². The lowest BCUT2D eigenvalue weighted by Crippen LogP contribution is -2.01. The fourth-order valence-corrected chi connectivity index (χ4v) is 9.29. The van der Waals surface area contributed by atoms with Gasteiger partial charge in [-0.3, -0.25) is 0 Å². The van der Waals surface area contributed by atoms with Crippen molar-refractivity contribution < 1.29 is 0 Å². The van der Waals surface area contributed by atoms with E-state index in [9.17, 15) is 0 Å². The Labute approximate surface area is 365 Å². The first-order chi connectivity index (χ1) is 31.2. The normalized spacial score (nSPS) is 11.5. The van der Waals surface area contributed by atoms with Gasteiger partial charge in [0.1, 0.15) is 0 Å². The van der Waals surface area contributed by atoms with E-state index in [0.29, 0.717) is 17.5 Å². The maximum atomic E-state index is 5.33. The molecule has 0 radical (unpaired) electrons. The van der Waals surface area contributed by atoms with Crippen molar-refractivity contribution in [2.24, 2.45) is 0 Å². The van der Waals surface area contributed by atoms with E-state index < -0.39 is 0 Å². The van der Waals surface area contributed by atoms with Crippen molar-refractivity contribution in [1.29, 1.82) is 0 Å². The molecular formula is C59H38N4. The zero-order valence-electron chi connectivity index (χ0n) is 34.2. The standard InChI is InChI=1S/C59H38N4/c1-3-15-39(16-4-1)40-27-29-43(30-28-40)57-60-58(53-37-35-45(41-17-5-2-6-18-41)47-19-7-9-21-49(47)53)62-59(61-57)54-38-36-46(48-20-8-10-22-50(48)54)42-31-33-44(34-32-42)63-55-25-13-11-23-51(55)52-24-12-14-26-56(52)63/h1-38H. The third-order valence-electron chi connectivity index (χ3n) is 12.3. The molecule has 0 aliphatic rings. The Bertz CT molecular complexity index is 3590. The van der Waals surface area contributed by atoms with E-state index >= 15 is 0 Å². The van der Waals surface area contributed by atoms with Crippen LogP contribution in [0.1, 0.15) is 0 Å². The third-order valence-corrected chi connectivity index (χ3v) is 12.3. The number of nitrogens with zero attached hydrogens (tertiary/aromatic N) is 4. The van der Waals surface area contributed by atoms with Crippen LogP contribution in [0.15, 0.2) is 231 Å². The molecule has 0 spiro atoms. The van der Waals surface area contributed by atoms with Gasteiger partial charge in [-0.1, -0.05) is 194 Å². The molecule has 0 N–H and O–H groups in total. The molecule has 0 bridgehead atoms. The molecule has 10 aromatic carbocycles. The van der Waals surface area contributed by atoms with Gasteiger partial charge in [0.25, 0.3) is 0 Å². The first kappa shape index (κ1) is 36.4. The zero-order chi connectivity index (χ0) is 41.7. The highest BCUT2D eigenvalue weighted by Crippen LogP contribution is 2.39. The quantitative estimate of drug-likeness (QED) is 0.161. The summed E-state index contributed by atoms with van der Waals surface area (Å²) in [6.45, 7) is 0. The van der Waals surface area contributed by atoms with Crippen molar-refractivity contribution in [3.63, 3.8) is 0 Å². The molecule has 2 heterocycles. The first-order valence-electron chi connectivity index (χ1n) is 21.4. The van der Waals surface area contributed by atoms with Crippen LogP contribution in [0.5, 0.6) is 0 Å². The molecule has 0 atom stereocenters. The van der Waals surface area contributed by atoms with E-state index in [1.54, 1.807) is 0 Å². The maximum Gasteiger partial charge on any atom is 0.164 e. The average Bonchev–Trinajstić information content (AvgIpc) is 3.70. The van der Waals surface area contributed by atoms with Gasteiger partial charge in [-0.15, -0.1) is 0 Å². The molecule has 0 fully saturated rings. The fraction of sp³-hybridized carbons (Fsp3) is 0. The minimum atomic E-state index is 0.625. The summed E-state index contributed by atoms with van der Waals surface area (Å²) in [5.74, 6) is 1.88. The summed E-state index contributed by atoms with van der Waals surface area (Å²) >= 11 is 0. The molecule has 4 heteroatoms. The SMILES string of the molecule is c1ccc(-c2ccc(-c3nc(-c4ccc(-c5ccccc5)c5ccccc45)nc(-c4ccc(-c5ccc(-n6c7ccccc7c7ccccc76)cc5)c5ccccc45)n3)cc2)cc1. The average molecular weight is 803 g/mol. The summed E-state index contributed by atoms with van der Waals surface area (Å²) in [4.78, 5) is 15.8. The van der Waals surface area contributed by atoms with E-state index in [4.69, 9.17) is 15.0 Å². The molecule has 0 saturated carbocycles. The lowest BCUT2D eigenvalue weighted by molar-refractivity contribution is 1.08. The van der Waals surface area contributed by atoms with Crippen LogP contribution >= 0.6 is 0 Å². The molecule has 12 rings (SSSR count). The summed E-state index contributed by atoms with van der Waals surface area (Å²) < 4.78 is 2.36. The van der Waals surface area contributed by atoms with Crippen LogP contribution in [0, 0.1) is 0 Å². The lowest BCUT2D eigenvalue weighted by atomic mass is 9.94. The summed E-state index contributed by atoms with van der Waals surface area (Å²) in [7, 11) is 0. The van der Waals surface area contributed by atoms with Gasteiger partial charge in [-0.25, -0.2) is 15.0 Å². The van der Waals surface area contributed by atoms with Gasteiger partial charge in [-0.05, 0) is 91.3 Å². The van der Waals surface area contributed by atoms with Crippen LogP contribution < -0.4 is 0 Å². The largest absolute Gasteiger partial charge is 0.309 e. The van der Waals surface area contributed by atoms with Gasteiger partial charge in [0, 0.05) is 33.2 Å². The Kier molecular flexibility index (Phi) is 8.79. The van der Waals surface area contributed by atoms with Gasteiger partial charge in [0.15, 0.2) is 17.5 Å².